The molecule has 0 saturated carbocycles. The number of halogens is 4. The molecule has 0 unspecified atom stereocenters. The van der Waals surface area contributed by atoms with E-state index in [4.69, 9.17) is 46.4 Å². The van der Waals surface area contributed by atoms with Gasteiger partial charge >= 0.3 is 0 Å². The molecule has 1 N–H and O–H groups in total. The van der Waals surface area contributed by atoms with Gasteiger partial charge in [-0.2, -0.15) is 0 Å². The van der Waals surface area contributed by atoms with E-state index in [-0.39, 0.29) is 0 Å². The van der Waals surface area contributed by atoms with Crippen LogP contribution in [0.3, 0.4) is 0 Å². The number of unbranched alkanes of at least 4 members (excludes halogenated alkanes) is 3. The van der Waals surface area contributed by atoms with Crippen LogP contribution in [0.5, 0.6) is 0 Å². The van der Waals surface area contributed by atoms with Gasteiger partial charge < -0.3 is 5.32 Å². The molecule has 0 atom stereocenters. The second kappa shape index (κ2) is 10.1. The van der Waals surface area contributed by atoms with E-state index in [0.717, 1.165) is 31.5 Å². The summed E-state index contributed by atoms with van der Waals surface area (Å²) >= 11 is 24.3. The second-order valence-electron chi connectivity index (χ2n) is 4.86. The second-order valence-corrected chi connectivity index (χ2v) is 6.43. The van der Waals surface area contributed by atoms with E-state index in [9.17, 15) is 0 Å². The molecule has 5 heteroatoms. The lowest BCUT2D eigenvalue weighted by molar-refractivity contribution is 0.585. The average Bonchev–Trinajstić information content (AvgIpc) is 2.42. The zero-order chi connectivity index (χ0) is 15.0. The number of hydrogen-bond donors (Lipinski definition) is 1. The zero-order valence-electron chi connectivity index (χ0n) is 11.7. The summed E-state index contributed by atoms with van der Waals surface area (Å²) in [7, 11) is 0. The quantitative estimate of drug-likeness (QED) is 0.306. The monoisotopic (exact) mass is 355 g/mol. The Morgan fingerprint density at radius 3 is 2.25 bits per heavy atom. The average molecular weight is 357 g/mol. The zero-order valence-corrected chi connectivity index (χ0v) is 14.8. The Hall–Kier alpha value is 0.340. The molecule has 0 aromatic heterocycles. The van der Waals surface area contributed by atoms with Gasteiger partial charge in [-0.05, 0) is 50.4 Å². The predicted octanol–water partition coefficient (Wildman–Crippen LogP) is 6.40. The highest BCUT2D eigenvalue weighted by Gasteiger charge is 2.13. The van der Waals surface area contributed by atoms with Gasteiger partial charge in [0.25, 0.3) is 0 Å². The fourth-order valence-electron chi connectivity index (χ4n) is 2.04. The van der Waals surface area contributed by atoms with E-state index < -0.39 is 0 Å². The summed E-state index contributed by atoms with van der Waals surface area (Å²) in [6.07, 6.45) is 6.69. The number of nitrogens with one attached hydrogen (secondary N) is 1. The third-order valence-electron chi connectivity index (χ3n) is 3.17. The standard InChI is InChI=1S/C15H21Cl4N/c1-2-8-20-9-6-4-3-5-7-11-12(16)10-13(17)15(19)14(11)18/h10,20H,2-9H2,1H3. The molecule has 0 spiro atoms. The fourth-order valence-corrected chi connectivity index (χ4v) is 3.16. The van der Waals surface area contributed by atoms with Gasteiger partial charge in [0, 0.05) is 5.02 Å². The first-order chi connectivity index (χ1) is 9.57. The fraction of sp³-hybridized carbons (Fsp3) is 0.600. The Morgan fingerprint density at radius 2 is 1.55 bits per heavy atom. The van der Waals surface area contributed by atoms with E-state index in [1.165, 1.54) is 25.7 Å². The highest BCUT2D eigenvalue weighted by molar-refractivity contribution is 6.49. The van der Waals surface area contributed by atoms with Crippen molar-refractivity contribution in [3.63, 3.8) is 0 Å². The molecule has 20 heavy (non-hydrogen) atoms. The summed E-state index contributed by atoms with van der Waals surface area (Å²) in [5.41, 5.74) is 0.909. The molecule has 0 radical (unpaired) electrons. The smallest absolute Gasteiger partial charge is 0.0782 e. The third kappa shape index (κ3) is 5.99. The van der Waals surface area contributed by atoms with Crippen LogP contribution in [0.4, 0.5) is 0 Å². The Kier molecular flexibility index (Phi) is 9.31. The Balaban J connectivity index is 2.31. The van der Waals surface area contributed by atoms with Crippen molar-refractivity contribution >= 4 is 46.4 Å². The topological polar surface area (TPSA) is 12.0 Å². The van der Waals surface area contributed by atoms with Crippen LogP contribution in [0.15, 0.2) is 6.07 Å². The van der Waals surface area contributed by atoms with Crippen molar-refractivity contribution in [2.45, 2.75) is 45.4 Å². The van der Waals surface area contributed by atoms with E-state index in [1.807, 2.05) is 0 Å². The Bertz CT molecular complexity index is 421. The van der Waals surface area contributed by atoms with E-state index >= 15 is 0 Å². The summed E-state index contributed by atoms with van der Waals surface area (Å²) in [6.45, 7) is 4.38. The van der Waals surface area contributed by atoms with E-state index in [1.54, 1.807) is 6.07 Å². The van der Waals surface area contributed by atoms with Crippen LogP contribution in [0.2, 0.25) is 20.1 Å². The molecule has 0 aliphatic carbocycles. The van der Waals surface area contributed by atoms with E-state index in [0.29, 0.717) is 20.1 Å². The summed E-state index contributed by atoms with van der Waals surface area (Å²) in [5, 5.41) is 5.31. The molecule has 0 aliphatic heterocycles. The SMILES string of the molecule is CCCNCCCCCCc1c(Cl)cc(Cl)c(Cl)c1Cl. The van der Waals surface area contributed by atoms with Gasteiger partial charge in [-0.1, -0.05) is 66.2 Å². The molecule has 0 saturated heterocycles. The summed E-state index contributed by atoms with van der Waals surface area (Å²) in [5.74, 6) is 0. The first-order valence-electron chi connectivity index (χ1n) is 7.10. The largest absolute Gasteiger partial charge is 0.317 e. The summed E-state index contributed by atoms with van der Waals surface area (Å²) in [4.78, 5) is 0. The van der Waals surface area contributed by atoms with Crippen LogP contribution in [0.1, 0.15) is 44.6 Å². The van der Waals surface area contributed by atoms with Crippen LogP contribution in [-0.4, -0.2) is 13.1 Å². The highest BCUT2D eigenvalue weighted by atomic mass is 35.5. The maximum Gasteiger partial charge on any atom is 0.0782 e. The van der Waals surface area contributed by atoms with Crippen molar-refractivity contribution in [3.05, 3.63) is 31.7 Å². The van der Waals surface area contributed by atoms with Gasteiger partial charge in [-0.15, -0.1) is 0 Å². The number of benzene rings is 1. The highest BCUT2D eigenvalue weighted by Crippen LogP contribution is 2.38. The molecule has 1 nitrogen and oxygen atoms in total. The molecular formula is C15H21Cl4N. The maximum atomic E-state index is 6.19. The molecule has 0 amide bonds. The van der Waals surface area contributed by atoms with Crippen LogP contribution < -0.4 is 5.32 Å². The number of hydrogen-bond acceptors (Lipinski definition) is 1. The predicted molar refractivity (Wildman–Crippen MR) is 91.8 cm³/mol. The maximum absolute atomic E-state index is 6.19. The van der Waals surface area contributed by atoms with Crippen LogP contribution in [0.25, 0.3) is 0 Å². The molecule has 1 aromatic carbocycles. The molecular weight excluding hydrogens is 336 g/mol. The van der Waals surface area contributed by atoms with Crippen LogP contribution in [0, 0.1) is 0 Å². The molecule has 1 rings (SSSR count). The normalized spacial score (nSPS) is 11.1. The van der Waals surface area contributed by atoms with Gasteiger partial charge in [0.2, 0.25) is 0 Å². The first-order valence-corrected chi connectivity index (χ1v) is 8.61. The van der Waals surface area contributed by atoms with Crippen molar-refractivity contribution in [1.29, 1.82) is 0 Å². The molecule has 114 valence electrons. The van der Waals surface area contributed by atoms with Crippen LogP contribution in [-0.2, 0) is 6.42 Å². The van der Waals surface area contributed by atoms with Crippen molar-refractivity contribution in [2.24, 2.45) is 0 Å². The minimum absolute atomic E-state index is 0.400. The van der Waals surface area contributed by atoms with Gasteiger partial charge in [0.1, 0.15) is 0 Å². The van der Waals surface area contributed by atoms with Crippen molar-refractivity contribution < 1.29 is 0 Å². The van der Waals surface area contributed by atoms with Crippen LogP contribution >= 0.6 is 46.4 Å². The molecule has 0 bridgehead atoms. The third-order valence-corrected chi connectivity index (χ3v) is 4.80. The number of rotatable bonds is 9. The lowest BCUT2D eigenvalue weighted by Crippen LogP contribution is -2.15. The van der Waals surface area contributed by atoms with Crippen molar-refractivity contribution in [3.8, 4) is 0 Å². The van der Waals surface area contributed by atoms with Gasteiger partial charge in [-0.25, -0.2) is 0 Å². The molecule has 1 aromatic rings. The minimum Gasteiger partial charge on any atom is -0.317 e. The van der Waals surface area contributed by atoms with Gasteiger partial charge in [0.15, 0.2) is 0 Å². The first kappa shape index (κ1) is 18.4. The summed E-state index contributed by atoms with van der Waals surface area (Å²) < 4.78 is 0. The Labute approximate surface area is 141 Å². The molecule has 0 heterocycles. The lowest BCUT2D eigenvalue weighted by atomic mass is 10.1. The van der Waals surface area contributed by atoms with Crippen molar-refractivity contribution in [2.75, 3.05) is 13.1 Å². The van der Waals surface area contributed by atoms with Gasteiger partial charge in [-0.3, -0.25) is 0 Å². The van der Waals surface area contributed by atoms with Crippen molar-refractivity contribution in [1.82, 2.24) is 5.32 Å². The van der Waals surface area contributed by atoms with Gasteiger partial charge in [0.05, 0.1) is 15.1 Å². The minimum atomic E-state index is 0.400. The Morgan fingerprint density at radius 1 is 0.850 bits per heavy atom. The van der Waals surface area contributed by atoms with E-state index in [2.05, 4.69) is 12.2 Å². The molecule has 0 aliphatic rings. The lowest BCUT2D eigenvalue weighted by Gasteiger charge is -2.10. The summed E-state index contributed by atoms with van der Waals surface area (Å²) in [6, 6.07) is 1.67. The molecule has 0 fully saturated rings.